The van der Waals surface area contributed by atoms with Crippen molar-refractivity contribution in [1.29, 1.82) is 0 Å². The van der Waals surface area contributed by atoms with Crippen molar-refractivity contribution in [2.75, 3.05) is 13.2 Å². The second-order valence-corrected chi connectivity index (χ2v) is 7.91. The third-order valence-corrected chi connectivity index (χ3v) is 5.40. The normalized spacial score (nSPS) is 22.1. The van der Waals surface area contributed by atoms with Gasteiger partial charge in [0.25, 0.3) is 0 Å². The van der Waals surface area contributed by atoms with Gasteiger partial charge in [-0.05, 0) is 48.0 Å². The molecule has 1 heterocycles. The topological polar surface area (TPSA) is 64.6 Å². The summed E-state index contributed by atoms with van der Waals surface area (Å²) in [6.45, 7) is 4.10. The number of sulfonamides is 1. The molecule has 0 spiro atoms. The average molecular weight is 385 g/mol. The molecule has 1 saturated heterocycles. The van der Waals surface area contributed by atoms with E-state index in [4.69, 9.17) is 21.1 Å². The zero-order valence-corrected chi connectivity index (χ0v) is 14.2. The Kier molecular flexibility index (Phi) is 4.78. The van der Waals surface area contributed by atoms with E-state index in [1.165, 1.54) is 18.2 Å². The van der Waals surface area contributed by atoms with Crippen LogP contribution >= 0.6 is 27.5 Å². The van der Waals surface area contributed by atoms with Gasteiger partial charge in [-0.3, -0.25) is 0 Å². The third-order valence-electron chi connectivity index (χ3n) is 2.77. The molecule has 0 aliphatic carbocycles. The van der Waals surface area contributed by atoms with Crippen LogP contribution in [0.3, 0.4) is 0 Å². The molecule has 1 aliphatic rings. The quantitative estimate of drug-likeness (QED) is 0.866. The van der Waals surface area contributed by atoms with Gasteiger partial charge in [0.1, 0.15) is 0 Å². The lowest BCUT2D eigenvalue weighted by molar-refractivity contribution is -0.137. The van der Waals surface area contributed by atoms with Crippen molar-refractivity contribution in [3.05, 3.63) is 27.7 Å². The zero-order valence-electron chi connectivity index (χ0n) is 11.0. The van der Waals surface area contributed by atoms with Crippen LogP contribution in [0.1, 0.15) is 13.8 Å². The number of hydrogen-bond acceptors (Lipinski definition) is 4. The fourth-order valence-corrected chi connectivity index (χ4v) is 3.53. The van der Waals surface area contributed by atoms with Gasteiger partial charge in [-0.25, -0.2) is 13.1 Å². The predicted octanol–water partition coefficient (Wildman–Crippen LogP) is 2.53. The Morgan fingerprint density at radius 2 is 2.20 bits per heavy atom. The first-order valence-corrected chi connectivity index (χ1v) is 8.61. The van der Waals surface area contributed by atoms with Gasteiger partial charge in [0, 0.05) is 11.0 Å². The fourth-order valence-electron chi connectivity index (χ4n) is 1.79. The minimum Gasteiger partial charge on any atom is -0.348 e. The minimum atomic E-state index is -3.60. The van der Waals surface area contributed by atoms with E-state index in [0.717, 1.165) is 0 Å². The highest BCUT2D eigenvalue weighted by atomic mass is 79.9. The number of ether oxygens (including phenoxy) is 2. The summed E-state index contributed by atoms with van der Waals surface area (Å²) >= 11 is 9.05. The largest absolute Gasteiger partial charge is 0.348 e. The molecule has 0 amide bonds. The summed E-state index contributed by atoms with van der Waals surface area (Å²) in [5.41, 5.74) is 0. The minimum absolute atomic E-state index is 0.145. The lowest BCUT2D eigenvalue weighted by Crippen LogP contribution is -2.34. The molecule has 20 heavy (non-hydrogen) atoms. The summed E-state index contributed by atoms with van der Waals surface area (Å²) in [6, 6.07) is 4.43. The number of hydrogen-bond donors (Lipinski definition) is 1. The molecule has 0 saturated carbocycles. The molecule has 1 aromatic rings. The van der Waals surface area contributed by atoms with Crippen LogP contribution in [0.5, 0.6) is 0 Å². The fraction of sp³-hybridized carbons (Fsp3) is 0.500. The van der Waals surface area contributed by atoms with Crippen LogP contribution in [0.15, 0.2) is 27.6 Å². The number of rotatable bonds is 4. The Morgan fingerprint density at radius 3 is 2.75 bits per heavy atom. The first-order chi connectivity index (χ1) is 9.20. The van der Waals surface area contributed by atoms with Gasteiger partial charge in [0.2, 0.25) is 10.0 Å². The van der Waals surface area contributed by atoms with Crippen molar-refractivity contribution in [2.24, 2.45) is 0 Å². The Morgan fingerprint density at radius 1 is 1.50 bits per heavy atom. The standard InChI is InChI=1S/C12H15BrClNO4S/c1-12(2)18-7-8(19-12)6-15-20(16,17)9-3-4-11(14)10(13)5-9/h3-5,8,15H,6-7H2,1-2H3. The molecule has 1 aromatic carbocycles. The number of nitrogens with one attached hydrogen (secondary N) is 1. The molecule has 0 radical (unpaired) electrons. The highest BCUT2D eigenvalue weighted by Gasteiger charge is 2.33. The van der Waals surface area contributed by atoms with Crippen LogP contribution in [-0.2, 0) is 19.5 Å². The van der Waals surface area contributed by atoms with E-state index >= 15 is 0 Å². The van der Waals surface area contributed by atoms with E-state index < -0.39 is 15.8 Å². The van der Waals surface area contributed by atoms with Crippen LogP contribution in [-0.4, -0.2) is 33.5 Å². The zero-order chi connectivity index (χ0) is 15.0. The smallest absolute Gasteiger partial charge is 0.240 e. The van der Waals surface area contributed by atoms with Gasteiger partial charge in [-0.15, -0.1) is 0 Å². The van der Waals surface area contributed by atoms with Crippen molar-refractivity contribution in [2.45, 2.75) is 30.6 Å². The van der Waals surface area contributed by atoms with Crippen molar-refractivity contribution < 1.29 is 17.9 Å². The molecule has 8 heteroatoms. The maximum absolute atomic E-state index is 12.1. The van der Waals surface area contributed by atoms with Crippen LogP contribution in [0.25, 0.3) is 0 Å². The van der Waals surface area contributed by atoms with Crippen LogP contribution in [0, 0.1) is 0 Å². The van der Waals surface area contributed by atoms with Crippen molar-refractivity contribution >= 4 is 37.6 Å². The predicted molar refractivity (Wildman–Crippen MR) is 79.2 cm³/mol. The van der Waals surface area contributed by atoms with E-state index in [2.05, 4.69) is 20.7 Å². The summed E-state index contributed by atoms with van der Waals surface area (Å²) in [5.74, 6) is -0.667. The molecule has 1 aliphatic heterocycles. The summed E-state index contributed by atoms with van der Waals surface area (Å²) < 4.78 is 38.2. The number of halogens is 2. The maximum Gasteiger partial charge on any atom is 0.240 e. The summed E-state index contributed by atoms with van der Waals surface area (Å²) in [4.78, 5) is 0.145. The van der Waals surface area contributed by atoms with Crippen LogP contribution in [0.2, 0.25) is 5.02 Å². The Balaban J connectivity index is 2.03. The molecule has 1 atom stereocenters. The molecule has 1 unspecified atom stereocenters. The highest BCUT2D eigenvalue weighted by molar-refractivity contribution is 9.10. The molecule has 1 N–H and O–H groups in total. The summed E-state index contributed by atoms with van der Waals surface area (Å²) in [5, 5.41) is 0.457. The van der Waals surface area contributed by atoms with Crippen molar-refractivity contribution in [3.8, 4) is 0 Å². The maximum atomic E-state index is 12.1. The molecule has 5 nitrogen and oxygen atoms in total. The molecular formula is C12H15BrClNO4S. The van der Waals surface area contributed by atoms with Crippen LogP contribution < -0.4 is 4.72 Å². The van der Waals surface area contributed by atoms with Gasteiger partial charge in [-0.2, -0.15) is 0 Å². The van der Waals surface area contributed by atoms with E-state index in [9.17, 15) is 8.42 Å². The van der Waals surface area contributed by atoms with Gasteiger partial charge in [-0.1, -0.05) is 11.6 Å². The SMILES string of the molecule is CC1(C)OCC(CNS(=O)(=O)c2ccc(Cl)c(Br)c2)O1. The molecule has 0 bridgehead atoms. The molecule has 0 aromatic heterocycles. The van der Waals surface area contributed by atoms with Gasteiger partial charge in [0.15, 0.2) is 5.79 Å². The Bertz CT molecular complexity index is 605. The van der Waals surface area contributed by atoms with E-state index in [0.29, 0.717) is 16.1 Å². The summed E-state index contributed by atoms with van der Waals surface area (Å²) in [6.07, 6.45) is -0.296. The van der Waals surface area contributed by atoms with Gasteiger partial charge in [0.05, 0.1) is 22.6 Å². The highest BCUT2D eigenvalue weighted by Crippen LogP contribution is 2.26. The van der Waals surface area contributed by atoms with Crippen LogP contribution in [0.4, 0.5) is 0 Å². The van der Waals surface area contributed by atoms with E-state index in [1.807, 2.05) is 0 Å². The summed E-state index contributed by atoms with van der Waals surface area (Å²) in [7, 11) is -3.60. The van der Waals surface area contributed by atoms with Gasteiger partial charge < -0.3 is 9.47 Å². The van der Waals surface area contributed by atoms with Gasteiger partial charge >= 0.3 is 0 Å². The lowest BCUT2D eigenvalue weighted by Gasteiger charge is -2.17. The first-order valence-electron chi connectivity index (χ1n) is 5.96. The first kappa shape index (κ1) is 16.2. The lowest BCUT2D eigenvalue weighted by atomic mass is 10.4. The van der Waals surface area contributed by atoms with E-state index in [-0.39, 0.29) is 17.5 Å². The van der Waals surface area contributed by atoms with Crippen molar-refractivity contribution in [3.63, 3.8) is 0 Å². The molecule has 2 rings (SSSR count). The third kappa shape index (κ3) is 3.93. The Labute approximate surface area is 131 Å². The Hall–Kier alpha value is -0.180. The average Bonchev–Trinajstić information content (AvgIpc) is 2.70. The molecular weight excluding hydrogens is 370 g/mol. The molecule has 1 fully saturated rings. The van der Waals surface area contributed by atoms with E-state index in [1.54, 1.807) is 13.8 Å². The second kappa shape index (κ2) is 5.90. The monoisotopic (exact) mass is 383 g/mol. The number of benzene rings is 1. The molecule has 112 valence electrons. The second-order valence-electron chi connectivity index (χ2n) is 4.88. The van der Waals surface area contributed by atoms with Crippen molar-refractivity contribution in [1.82, 2.24) is 4.72 Å².